The molecule has 4 aromatic rings. The molecule has 9 rings (SSSR count). The van der Waals surface area contributed by atoms with Crippen LogP contribution >= 0.6 is 11.8 Å². The zero-order chi connectivity index (χ0) is 44.7. The van der Waals surface area contributed by atoms with Crippen molar-refractivity contribution in [3.8, 4) is 0 Å². The molecule has 0 radical (unpaired) electrons. The number of hydrogen-bond donors (Lipinski definition) is 2. The zero-order valence-corrected chi connectivity index (χ0v) is 37.7. The van der Waals surface area contributed by atoms with Crippen molar-refractivity contribution < 1.29 is 38.2 Å². The van der Waals surface area contributed by atoms with Crippen LogP contribution in [0.3, 0.4) is 0 Å². The van der Waals surface area contributed by atoms with Crippen LogP contribution < -0.4 is 10.2 Å². The monoisotopic (exact) mass is 888 g/mol. The summed E-state index contributed by atoms with van der Waals surface area (Å²) >= 11 is 1.40. The van der Waals surface area contributed by atoms with Crippen LogP contribution in [0.15, 0.2) is 59.5 Å². The summed E-state index contributed by atoms with van der Waals surface area (Å²) in [6.45, 7) is 13.1. The van der Waals surface area contributed by atoms with Gasteiger partial charge in [-0.05, 0) is 67.1 Å². The van der Waals surface area contributed by atoms with Crippen LogP contribution in [-0.2, 0) is 35.7 Å². The van der Waals surface area contributed by atoms with E-state index in [1.54, 1.807) is 18.2 Å². The topological polar surface area (TPSA) is 162 Å². The Morgan fingerprint density at radius 3 is 2.31 bits per heavy atom. The maximum Gasteiger partial charge on any atom is 0.263 e. The van der Waals surface area contributed by atoms with Crippen molar-refractivity contribution in [2.45, 2.75) is 81.7 Å². The van der Waals surface area contributed by atoms with Gasteiger partial charge >= 0.3 is 0 Å². The van der Waals surface area contributed by atoms with Gasteiger partial charge < -0.3 is 24.3 Å². The van der Waals surface area contributed by atoms with E-state index < -0.39 is 29.7 Å². The van der Waals surface area contributed by atoms with E-state index in [-0.39, 0.29) is 41.1 Å². The van der Waals surface area contributed by atoms with Gasteiger partial charge in [-0.1, -0.05) is 45.0 Å². The van der Waals surface area contributed by atoms with E-state index in [0.29, 0.717) is 62.6 Å². The molecule has 64 heavy (non-hydrogen) atoms. The van der Waals surface area contributed by atoms with Crippen molar-refractivity contribution in [3.63, 3.8) is 0 Å². The minimum absolute atomic E-state index is 0.0699. The Bertz CT molecular complexity index is 2520. The Kier molecular flexibility index (Phi) is 12.5. The standard InChI is InChI=1S/C49H56N6O8S/c1-4-30-28-34-35(49(2,3)45-43(44(34)58)32-8-5-6-10-36(32)50-45)29-38(30)53-17-14-31(15-18-53)52-19-21-54(22-20-52)41(57)16-23-62-24-25-63-26-27-64-39-11-7-9-33-42(39)48(61)55(47(33)60)37-12-13-40(56)51-46(37)59/h5-11,28-29,31,37,50H,4,12-27H2,1-3H3,(H,51,56,59). The highest BCUT2D eigenvalue weighted by Crippen LogP contribution is 2.46. The Balaban J connectivity index is 0.677. The predicted octanol–water partition coefficient (Wildman–Crippen LogP) is 5.33. The quantitative estimate of drug-likeness (QED) is 0.0957. The number of H-pyrrole nitrogens is 1. The second kappa shape index (κ2) is 18.3. The molecule has 3 aromatic carbocycles. The fraction of sp³-hybridized carbons (Fsp3) is 0.469. The maximum atomic E-state index is 14.0. The van der Waals surface area contributed by atoms with Crippen molar-refractivity contribution in [2.24, 2.45) is 0 Å². The van der Waals surface area contributed by atoms with Crippen LogP contribution in [0, 0.1) is 0 Å². The summed E-state index contributed by atoms with van der Waals surface area (Å²) in [5.74, 6) is -1.35. The van der Waals surface area contributed by atoms with Crippen LogP contribution in [0.4, 0.5) is 5.69 Å². The van der Waals surface area contributed by atoms with Crippen LogP contribution in [-0.4, -0.2) is 139 Å². The zero-order valence-electron chi connectivity index (χ0n) is 36.8. The number of nitrogens with one attached hydrogen (secondary N) is 2. The van der Waals surface area contributed by atoms with E-state index >= 15 is 0 Å². The third-order valence-electron chi connectivity index (χ3n) is 13.8. The molecule has 15 heteroatoms. The SMILES string of the molecule is CCc1cc2c(cc1N1CCC(N3CCN(C(=O)CCOCCOCCSc4cccc5c4C(=O)N(C4CCC(=O)NC4=O)C5=O)CC3)CC1)C(C)(C)c1[nH]c3ccccc3c1C2=O. The number of thioether (sulfide) groups is 1. The summed E-state index contributed by atoms with van der Waals surface area (Å²) in [7, 11) is 0. The van der Waals surface area contributed by atoms with E-state index in [1.807, 2.05) is 29.2 Å². The summed E-state index contributed by atoms with van der Waals surface area (Å²) in [4.78, 5) is 89.8. The average Bonchev–Trinajstić information content (AvgIpc) is 3.83. The first-order valence-electron chi connectivity index (χ1n) is 22.7. The Morgan fingerprint density at radius 2 is 1.56 bits per heavy atom. The molecular weight excluding hydrogens is 833 g/mol. The molecule has 1 atom stereocenters. The maximum absolute atomic E-state index is 14.0. The smallest absolute Gasteiger partial charge is 0.263 e. The summed E-state index contributed by atoms with van der Waals surface area (Å²) in [6.07, 6.45) is 3.46. The number of para-hydroxylation sites is 1. The van der Waals surface area contributed by atoms with Crippen molar-refractivity contribution in [1.82, 2.24) is 25.0 Å². The lowest BCUT2D eigenvalue weighted by atomic mass is 9.70. The second-order valence-electron chi connectivity index (χ2n) is 17.8. The minimum atomic E-state index is -1.00. The molecule has 1 aromatic heterocycles. The fourth-order valence-corrected chi connectivity index (χ4v) is 11.2. The molecule has 1 aliphatic carbocycles. The molecule has 0 spiro atoms. The number of imide groups is 2. The Morgan fingerprint density at radius 1 is 0.812 bits per heavy atom. The summed E-state index contributed by atoms with van der Waals surface area (Å²) < 4.78 is 11.5. The first kappa shape index (κ1) is 43.9. The molecule has 0 bridgehead atoms. The molecule has 2 N–H and O–H groups in total. The third-order valence-corrected chi connectivity index (χ3v) is 14.8. The number of anilines is 1. The van der Waals surface area contributed by atoms with Gasteiger partial charge in [0.15, 0.2) is 5.78 Å². The molecule has 3 fully saturated rings. The number of aromatic amines is 1. The van der Waals surface area contributed by atoms with E-state index in [1.165, 1.54) is 23.0 Å². The first-order valence-corrected chi connectivity index (χ1v) is 23.7. The number of nitrogens with zero attached hydrogens (tertiary/aromatic N) is 4. The lowest BCUT2D eigenvalue weighted by Gasteiger charge is -2.44. The van der Waals surface area contributed by atoms with Gasteiger partial charge in [0.25, 0.3) is 11.8 Å². The molecular formula is C49H56N6O8S. The number of benzene rings is 3. The number of carbonyl (C=O) groups excluding carboxylic acids is 6. The lowest BCUT2D eigenvalue weighted by Crippen LogP contribution is -2.54. The van der Waals surface area contributed by atoms with Crippen molar-refractivity contribution in [2.75, 3.05) is 76.3 Å². The number of fused-ring (bicyclic) bond motifs is 5. The van der Waals surface area contributed by atoms with E-state index in [9.17, 15) is 28.8 Å². The summed E-state index contributed by atoms with van der Waals surface area (Å²) in [6, 6.07) is 17.1. The Labute approximate surface area is 377 Å². The molecule has 0 saturated carbocycles. The number of rotatable bonds is 14. The van der Waals surface area contributed by atoms with E-state index in [4.69, 9.17) is 9.47 Å². The Hall–Kier alpha value is -5.35. The largest absolute Gasteiger partial charge is 0.379 e. The van der Waals surface area contributed by atoms with Crippen molar-refractivity contribution in [3.05, 3.63) is 93.7 Å². The van der Waals surface area contributed by atoms with Gasteiger partial charge in [-0.25, -0.2) is 0 Å². The number of hydrogen-bond acceptors (Lipinski definition) is 11. The van der Waals surface area contributed by atoms with Gasteiger partial charge in [0.05, 0.1) is 49.5 Å². The summed E-state index contributed by atoms with van der Waals surface area (Å²) in [5.41, 5.74) is 7.38. The van der Waals surface area contributed by atoms with Crippen LogP contribution in [0.1, 0.15) is 106 Å². The molecule has 5 heterocycles. The van der Waals surface area contributed by atoms with Crippen molar-refractivity contribution in [1.29, 1.82) is 0 Å². The highest BCUT2D eigenvalue weighted by molar-refractivity contribution is 7.99. The number of ether oxygens (including phenoxy) is 2. The van der Waals surface area contributed by atoms with Gasteiger partial charge in [0, 0.05) is 95.6 Å². The molecule has 5 amide bonds. The van der Waals surface area contributed by atoms with Gasteiger partial charge in [-0.15, -0.1) is 11.8 Å². The molecule has 4 aliphatic heterocycles. The highest BCUT2D eigenvalue weighted by atomic mass is 32.2. The highest BCUT2D eigenvalue weighted by Gasteiger charge is 2.46. The van der Waals surface area contributed by atoms with Gasteiger partial charge in [0.2, 0.25) is 17.7 Å². The summed E-state index contributed by atoms with van der Waals surface area (Å²) in [5, 5.41) is 3.22. The van der Waals surface area contributed by atoms with Crippen LogP contribution in [0.2, 0.25) is 0 Å². The molecule has 3 saturated heterocycles. The molecule has 14 nitrogen and oxygen atoms in total. The number of piperidine rings is 2. The van der Waals surface area contributed by atoms with Crippen LogP contribution in [0.5, 0.6) is 0 Å². The molecule has 336 valence electrons. The van der Waals surface area contributed by atoms with Gasteiger partial charge in [-0.3, -0.25) is 43.9 Å². The fourth-order valence-electron chi connectivity index (χ4n) is 10.3. The number of aryl methyl sites for hydroxylation is 1. The van der Waals surface area contributed by atoms with E-state index in [2.05, 4.69) is 53.0 Å². The van der Waals surface area contributed by atoms with Crippen molar-refractivity contribution >= 4 is 63.7 Å². The first-order chi connectivity index (χ1) is 31.0. The number of piperazine rings is 1. The average molecular weight is 889 g/mol. The normalized spacial score (nSPS) is 20.2. The third kappa shape index (κ3) is 8.16. The van der Waals surface area contributed by atoms with E-state index in [0.717, 1.165) is 83.6 Å². The number of carbonyl (C=O) groups is 6. The van der Waals surface area contributed by atoms with Gasteiger partial charge in [0.1, 0.15) is 6.04 Å². The molecule has 1 unspecified atom stereocenters. The molecule has 5 aliphatic rings. The lowest BCUT2D eigenvalue weighted by molar-refractivity contribution is -0.136. The number of ketones is 1. The van der Waals surface area contributed by atoms with Crippen LogP contribution in [0.25, 0.3) is 10.9 Å². The minimum Gasteiger partial charge on any atom is -0.379 e. The second-order valence-corrected chi connectivity index (χ2v) is 19.0. The number of aromatic nitrogens is 1. The predicted molar refractivity (Wildman–Crippen MR) is 243 cm³/mol. The number of amides is 5. The van der Waals surface area contributed by atoms with Gasteiger partial charge in [-0.2, -0.15) is 0 Å².